The molecule has 1 aliphatic heterocycles. The van der Waals surface area contributed by atoms with Crippen LogP contribution in [0.4, 0.5) is 0 Å². The van der Waals surface area contributed by atoms with Crippen molar-refractivity contribution in [2.45, 2.75) is 19.4 Å². The van der Waals surface area contributed by atoms with Gasteiger partial charge in [0.2, 0.25) is 0 Å². The Morgan fingerprint density at radius 1 is 1.20 bits per heavy atom. The summed E-state index contributed by atoms with van der Waals surface area (Å²) in [7, 11) is 1.94. The van der Waals surface area contributed by atoms with Gasteiger partial charge >= 0.3 is 0 Å². The largest absolute Gasteiger partial charge is 0.491 e. The molecule has 0 aliphatic carbocycles. The number of nitrogens with one attached hydrogen (secondary N) is 1. The monoisotopic (exact) mass is 279 g/mol. The third kappa shape index (κ3) is 5.12. The van der Waals surface area contributed by atoms with Gasteiger partial charge in [-0.05, 0) is 31.9 Å². The van der Waals surface area contributed by atoms with Crippen molar-refractivity contribution in [1.29, 1.82) is 0 Å². The maximum atomic E-state index is 5.79. The van der Waals surface area contributed by atoms with Crippen LogP contribution in [-0.4, -0.2) is 40.1 Å². The highest BCUT2D eigenvalue weighted by atomic mass is 16.5. The quantitative estimate of drug-likeness (QED) is 0.741. The molecule has 2 rings (SSSR count). The minimum atomic E-state index is 0.601. The van der Waals surface area contributed by atoms with E-state index < -0.39 is 0 Å². The second-order valence-electron chi connectivity index (χ2n) is 5.12. The molecule has 0 unspecified atom stereocenters. The molecule has 1 aromatic carbocycles. The first-order valence-corrected chi connectivity index (χ1v) is 7.41. The molecule has 1 aromatic rings. The van der Waals surface area contributed by atoms with Gasteiger partial charge in [-0.25, -0.2) is 0 Å². The average Bonchev–Trinajstić information content (AvgIpc) is 2.50. The van der Waals surface area contributed by atoms with Crippen LogP contribution >= 0.6 is 0 Å². The minimum Gasteiger partial charge on any atom is -0.491 e. The van der Waals surface area contributed by atoms with Crippen LogP contribution in [0.2, 0.25) is 0 Å². The lowest BCUT2D eigenvalue weighted by Crippen LogP contribution is -2.21. The van der Waals surface area contributed by atoms with Gasteiger partial charge in [-0.2, -0.15) is 0 Å². The summed E-state index contributed by atoms with van der Waals surface area (Å²) in [6.45, 7) is 4.64. The van der Waals surface area contributed by atoms with E-state index >= 15 is 0 Å². The average molecular weight is 279 g/mol. The molecule has 0 spiro atoms. The summed E-state index contributed by atoms with van der Waals surface area (Å²) in [5.41, 5.74) is 1.18. The summed E-state index contributed by atoms with van der Waals surface area (Å²) >= 11 is 0. The molecule has 0 radical (unpaired) electrons. The number of hydrogen-bond acceptors (Lipinski definition) is 4. The van der Waals surface area contributed by atoms with Gasteiger partial charge in [-0.3, -0.25) is 0 Å². The third-order valence-electron chi connectivity index (χ3n) is 3.52. The van der Waals surface area contributed by atoms with Crippen LogP contribution in [0.5, 0.6) is 5.75 Å². The number of ether oxygens (including phenoxy) is 3. The number of rotatable bonds is 8. The summed E-state index contributed by atoms with van der Waals surface area (Å²) in [6.07, 6.45) is 2.23. The lowest BCUT2D eigenvalue weighted by Gasteiger charge is -2.21. The molecule has 1 saturated heterocycles. The molecule has 0 atom stereocenters. The van der Waals surface area contributed by atoms with Gasteiger partial charge in [0.1, 0.15) is 12.4 Å². The van der Waals surface area contributed by atoms with Crippen LogP contribution in [0, 0.1) is 5.92 Å². The summed E-state index contributed by atoms with van der Waals surface area (Å²) in [4.78, 5) is 0. The van der Waals surface area contributed by atoms with Crippen molar-refractivity contribution in [2.24, 2.45) is 5.92 Å². The molecule has 0 amide bonds. The van der Waals surface area contributed by atoms with Gasteiger partial charge in [0.25, 0.3) is 0 Å². The van der Waals surface area contributed by atoms with Crippen molar-refractivity contribution in [2.75, 3.05) is 40.1 Å². The second-order valence-corrected chi connectivity index (χ2v) is 5.12. The summed E-state index contributed by atoms with van der Waals surface area (Å²) in [5.74, 6) is 1.59. The summed E-state index contributed by atoms with van der Waals surface area (Å²) < 4.78 is 16.8. The Balaban J connectivity index is 1.63. The molecule has 112 valence electrons. The predicted molar refractivity (Wildman–Crippen MR) is 79.1 cm³/mol. The van der Waals surface area contributed by atoms with E-state index in [2.05, 4.69) is 11.4 Å². The van der Waals surface area contributed by atoms with E-state index in [1.807, 2.05) is 25.2 Å². The Kier molecular flexibility index (Phi) is 6.84. The molecule has 20 heavy (non-hydrogen) atoms. The summed E-state index contributed by atoms with van der Waals surface area (Å²) in [6, 6.07) is 8.11. The second kappa shape index (κ2) is 8.95. The van der Waals surface area contributed by atoms with Gasteiger partial charge in [-0.1, -0.05) is 18.2 Å². The van der Waals surface area contributed by atoms with Crippen LogP contribution in [0.3, 0.4) is 0 Å². The van der Waals surface area contributed by atoms with Crippen molar-refractivity contribution in [1.82, 2.24) is 5.32 Å². The highest BCUT2D eigenvalue weighted by Crippen LogP contribution is 2.18. The first kappa shape index (κ1) is 15.3. The van der Waals surface area contributed by atoms with E-state index in [1.165, 1.54) is 5.56 Å². The Morgan fingerprint density at radius 2 is 2.00 bits per heavy atom. The first-order valence-electron chi connectivity index (χ1n) is 7.41. The topological polar surface area (TPSA) is 39.7 Å². The number of para-hydroxylation sites is 1. The van der Waals surface area contributed by atoms with E-state index in [1.54, 1.807) is 0 Å². The van der Waals surface area contributed by atoms with E-state index in [-0.39, 0.29) is 0 Å². The lowest BCUT2D eigenvalue weighted by atomic mass is 10.0. The van der Waals surface area contributed by atoms with Crippen LogP contribution < -0.4 is 10.1 Å². The molecular weight excluding hydrogens is 254 g/mol. The molecule has 1 N–H and O–H groups in total. The standard InChI is InChI=1S/C16H25NO3/c1-17-12-15-4-2-3-5-16(15)20-11-10-19-13-14-6-8-18-9-7-14/h2-5,14,17H,6-13H2,1H3. The molecular formula is C16H25NO3. The maximum absolute atomic E-state index is 5.79. The van der Waals surface area contributed by atoms with E-state index in [0.717, 1.165) is 45.0 Å². The molecule has 4 nitrogen and oxygen atoms in total. The summed E-state index contributed by atoms with van der Waals surface area (Å²) in [5, 5.41) is 3.15. The fourth-order valence-electron chi connectivity index (χ4n) is 2.35. The maximum Gasteiger partial charge on any atom is 0.123 e. The highest BCUT2D eigenvalue weighted by Gasteiger charge is 2.13. The first-order chi connectivity index (χ1) is 9.90. The third-order valence-corrected chi connectivity index (χ3v) is 3.52. The zero-order valence-corrected chi connectivity index (χ0v) is 12.3. The van der Waals surface area contributed by atoms with Crippen molar-refractivity contribution < 1.29 is 14.2 Å². The molecule has 4 heteroatoms. The van der Waals surface area contributed by atoms with Crippen LogP contribution in [0.25, 0.3) is 0 Å². The number of benzene rings is 1. The molecule has 0 saturated carbocycles. The molecule has 1 fully saturated rings. The van der Waals surface area contributed by atoms with Gasteiger partial charge in [0, 0.05) is 31.9 Å². The van der Waals surface area contributed by atoms with E-state index in [9.17, 15) is 0 Å². The Morgan fingerprint density at radius 3 is 2.80 bits per heavy atom. The van der Waals surface area contributed by atoms with Crippen molar-refractivity contribution >= 4 is 0 Å². The molecule has 1 aliphatic rings. The highest BCUT2D eigenvalue weighted by molar-refractivity contribution is 5.33. The smallest absolute Gasteiger partial charge is 0.123 e. The predicted octanol–water partition coefficient (Wildman–Crippen LogP) is 2.23. The van der Waals surface area contributed by atoms with Crippen molar-refractivity contribution in [3.63, 3.8) is 0 Å². The normalized spacial score (nSPS) is 16.2. The van der Waals surface area contributed by atoms with Crippen LogP contribution in [-0.2, 0) is 16.0 Å². The fourth-order valence-corrected chi connectivity index (χ4v) is 2.35. The Bertz CT molecular complexity index is 378. The van der Waals surface area contributed by atoms with Crippen molar-refractivity contribution in [3.8, 4) is 5.75 Å². The Labute approximate surface area is 121 Å². The lowest BCUT2D eigenvalue weighted by molar-refractivity contribution is 0.0138. The Hall–Kier alpha value is -1.10. The van der Waals surface area contributed by atoms with Crippen LogP contribution in [0.15, 0.2) is 24.3 Å². The van der Waals surface area contributed by atoms with Gasteiger partial charge in [-0.15, -0.1) is 0 Å². The minimum absolute atomic E-state index is 0.601. The van der Waals surface area contributed by atoms with Crippen LogP contribution in [0.1, 0.15) is 18.4 Å². The fraction of sp³-hybridized carbons (Fsp3) is 0.625. The molecule has 1 heterocycles. The number of hydrogen-bond donors (Lipinski definition) is 1. The van der Waals surface area contributed by atoms with Crippen molar-refractivity contribution in [3.05, 3.63) is 29.8 Å². The van der Waals surface area contributed by atoms with E-state index in [4.69, 9.17) is 14.2 Å². The van der Waals surface area contributed by atoms with Gasteiger partial charge in [0.15, 0.2) is 0 Å². The SMILES string of the molecule is CNCc1ccccc1OCCOCC1CCOCC1. The van der Waals surface area contributed by atoms with E-state index in [0.29, 0.717) is 19.1 Å². The van der Waals surface area contributed by atoms with Gasteiger partial charge < -0.3 is 19.5 Å². The molecule has 0 bridgehead atoms. The van der Waals surface area contributed by atoms with Gasteiger partial charge in [0.05, 0.1) is 6.61 Å². The molecule has 0 aromatic heterocycles. The zero-order valence-electron chi connectivity index (χ0n) is 12.3. The zero-order chi connectivity index (χ0) is 14.0.